The van der Waals surface area contributed by atoms with Crippen molar-refractivity contribution in [1.29, 1.82) is 5.41 Å². The van der Waals surface area contributed by atoms with E-state index in [1.807, 2.05) is 60.7 Å². The zero-order valence-corrected chi connectivity index (χ0v) is 38.7. The molecule has 0 unspecified atom stereocenters. The van der Waals surface area contributed by atoms with E-state index in [4.69, 9.17) is 29.2 Å². The predicted molar refractivity (Wildman–Crippen MR) is 291 cm³/mol. The number of furan rings is 2. The van der Waals surface area contributed by atoms with E-state index in [-0.39, 0.29) is 0 Å². The summed E-state index contributed by atoms with van der Waals surface area (Å²) >= 11 is 0. The topological polar surface area (TPSA) is 101 Å². The summed E-state index contributed by atoms with van der Waals surface area (Å²) in [5.74, 6) is 1.53. The first-order valence-electron chi connectivity index (χ1n) is 24.1. The van der Waals surface area contributed by atoms with Crippen LogP contribution in [-0.4, -0.2) is 21.2 Å². The molecule has 1 aliphatic carbocycles. The lowest BCUT2D eigenvalue weighted by atomic mass is 9.67. The highest BCUT2D eigenvalue weighted by Gasteiger charge is 2.46. The average Bonchev–Trinajstić information content (AvgIpc) is 4.13. The van der Waals surface area contributed by atoms with E-state index in [1.165, 1.54) is 34.0 Å². The van der Waals surface area contributed by atoms with E-state index < -0.39 is 5.41 Å². The van der Waals surface area contributed by atoms with Gasteiger partial charge in [0.05, 0.1) is 16.5 Å². The maximum absolute atomic E-state index is 8.70. The van der Waals surface area contributed by atoms with Crippen molar-refractivity contribution >= 4 is 61.5 Å². The van der Waals surface area contributed by atoms with Gasteiger partial charge in [-0.3, -0.25) is 0 Å². The van der Waals surface area contributed by atoms with E-state index in [1.54, 1.807) is 0 Å². The zero-order chi connectivity index (χ0) is 47.8. The number of benzene rings is 10. The van der Waals surface area contributed by atoms with E-state index >= 15 is 0 Å². The summed E-state index contributed by atoms with van der Waals surface area (Å²) < 4.78 is 13.0. The lowest BCUT2D eigenvalue weighted by Crippen LogP contribution is -2.28. The fraction of sp³-hybridized carbons (Fsp3) is 0.0154. The van der Waals surface area contributed by atoms with Crippen LogP contribution in [-0.2, 0) is 5.41 Å². The summed E-state index contributed by atoms with van der Waals surface area (Å²) in [5, 5.41) is 16.4. The quantitative estimate of drug-likeness (QED) is 0.140. The fourth-order valence-corrected chi connectivity index (χ4v) is 11.1. The van der Waals surface area contributed by atoms with Gasteiger partial charge in [-0.2, -0.15) is 0 Å². The van der Waals surface area contributed by atoms with Crippen molar-refractivity contribution in [2.24, 2.45) is 0 Å². The van der Waals surface area contributed by atoms with Crippen LogP contribution in [0.5, 0.6) is 0 Å². The van der Waals surface area contributed by atoms with Crippen molar-refractivity contribution in [3.8, 4) is 56.4 Å². The van der Waals surface area contributed by atoms with Gasteiger partial charge in [0.1, 0.15) is 22.3 Å². The zero-order valence-electron chi connectivity index (χ0n) is 38.7. The normalized spacial score (nSPS) is 12.6. The van der Waals surface area contributed by atoms with E-state index in [2.05, 4.69) is 175 Å². The highest BCUT2D eigenvalue weighted by Crippen LogP contribution is 2.56. The highest BCUT2D eigenvalue weighted by molar-refractivity contribution is 6.10. The molecule has 0 saturated heterocycles. The molecule has 10 aromatic carbocycles. The molecule has 14 rings (SSSR count). The smallest absolute Gasteiger partial charge is 0.167 e. The van der Waals surface area contributed by atoms with Gasteiger partial charge in [0.2, 0.25) is 0 Å². The number of rotatable bonds is 9. The van der Waals surface area contributed by atoms with Gasteiger partial charge in [-0.05, 0) is 93.0 Å². The number of nitrogens with zero attached hydrogens (tertiary/aromatic N) is 3. The first-order valence-corrected chi connectivity index (χ1v) is 24.1. The third kappa shape index (κ3) is 6.45. The Morgan fingerprint density at radius 2 is 0.903 bits per heavy atom. The molecule has 3 heterocycles. The van der Waals surface area contributed by atoms with Crippen LogP contribution < -0.4 is 5.32 Å². The van der Waals surface area contributed by atoms with Gasteiger partial charge in [0, 0.05) is 50.3 Å². The van der Waals surface area contributed by atoms with Crippen LogP contribution in [0.1, 0.15) is 27.8 Å². The number of anilines is 2. The molecule has 0 aliphatic heterocycles. The molecule has 0 fully saturated rings. The molecule has 0 atom stereocenters. The molecule has 7 nitrogen and oxygen atoms in total. The van der Waals surface area contributed by atoms with Gasteiger partial charge in [0.25, 0.3) is 0 Å². The molecule has 7 heteroatoms. The van der Waals surface area contributed by atoms with Crippen molar-refractivity contribution in [3.63, 3.8) is 0 Å². The molecule has 0 amide bonds. The Balaban J connectivity index is 0.823. The molecule has 1 aliphatic rings. The first kappa shape index (κ1) is 41.3. The van der Waals surface area contributed by atoms with Crippen LogP contribution in [0.3, 0.4) is 0 Å². The van der Waals surface area contributed by atoms with Crippen molar-refractivity contribution in [2.75, 3.05) is 5.32 Å². The molecule has 338 valence electrons. The van der Waals surface area contributed by atoms with Crippen molar-refractivity contribution in [3.05, 3.63) is 258 Å². The maximum atomic E-state index is 8.70. The number of para-hydroxylation sites is 4. The third-order valence-electron chi connectivity index (χ3n) is 14.3. The number of hydrogen-bond acceptors (Lipinski definition) is 7. The Hall–Kier alpha value is -9.72. The molecule has 0 radical (unpaired) electrons. The summed E-state index contributed by atoms with van der Waals surface area (Å²) in [6.45, 7) is 0. The van der Waals surface area contributed by atoms with Crippen molar-refractivity contribution in [2.45, 2.75) is 5.41 Å². The van der Waals surface area contributed by atoms with Crippen LogP contribution in [0.25, 0.3) is 100 Å². The molecule has 0 saturated carbocycles. The van der Waals surface area contributed by atoms with Crippen LogP contribution in [0.4, 0.5) is 11.4 Å². The van der Waals surface area contributed by atoms with E-state index in [0.717, 1.165) is 94.2 Å². The van der Waals surface area contributed by atoms with Gasteiger partial charge < -0.3 is 19.6 Å². The molecular formula is C65H41N5O2. The summed E-state index contributed by atoms with van der Waals surface area (Å²) in [5.41, 5.74) is 16.8. The average molecular weight is 924 g/mol. The standard InChI is InChI=1S/C65H41N5O2/c66-39-43-37-45(65(44-16-2-1-3-17-44)55-27-8-4-19-47(55)48-20-5-9-28-56(48)65)35-36-57(43)67-46-18-12-15-42(38-46)40-31-33-41(34-32-40)62-68-63(53-25-13-23-51-49-21-6-10-29-58(49)71-60(51)53)70-64(69-62)54-26-14-24-52-50-22-7-11-30-59(50)72-61(52)54/h1-39,66-67H. The molecular weight excluding hydrogens is 883 g/mol. The second kappa shape index (κ2) is 16.5. The first-order chi connectivity index (χ1) is 35.6. The van der Waals surface area contributed by atoms with Gasteiger partial charge in [-0.1, -0.05) is 182 Å². The minimum atomic E-state index is -0.549. The molecule has 13 aromatic rings. The van der Waals surface area contributed by atoms with Gasteiger partial charge in [-0.15, -0.1) is 0 Å². The summed E-state index contributed by atoms with van der Waals surface area (Å²) in [7, 11) is 0. The SMILES string of the molecule is N=Cc1cc(C2(c3ccccc3)c3ccccc3-c3ccccc32)ccc1Nc1cccc(-c2ccc(-c3nc(-c4cccc5c4oc4ccccc45)nc(-c4cccc5c4oc4ccccc45)n3)cc2)c1. The number of hydrogen-bond donors (Lipinski definition) is 2. The third-order valence-corrected chi connectivity index (χ3v) is 14.3. The Bertz CT molecular complexity index is 4110. The number of nitrogens with one attached hydrogen (secondary N) is 2. The monoisotopic (exact) mass is 923 g/mol. The van der Waals surface area contributed by atoms with Gasteiger partial charge in [0.15, 0.2) is 17.5 Å². The van der Waals surface area contributed by atoms with Crippen molar-refractivity contribution < 1.29 is 8.83 Å². The van der Waals surface area contributed by atoms with E-state index in [0.29, 0.717) is 17.5 Å². The summed E-state index contributed by atoms with van der Waals surface area (Å²) in [6, 6.07) is 79.8. The van der Waals surface area contributed by atoms with Crippen LogP contribution in [0, 0.1) is 5.41 Å². The molecule has 2 N–H and O–H groups in total. The van der Waals surface area contributed by atoms with E-state index in [9.17, 15) is 0 Å². The Labute approximate surface area is 414 Å². The largest absolute Gasteiger partial charge is 0.455 e. The fourth-order valence-electron chi connectivity index (χ4n) is 11.1. The second-order valence-electron chi connectivity index (χ2n) is 18.3. The Morgan fingerprint density at radius 1 is 0.389 bits per heavy atom. The van der Waals surface area contributed by atoms with Gasteiger partial charge in [-0.25, -0.2) is 15.0 Å². The molecule has 3 aromatic heterocycles. The lowest BCUT2D eigenvalue weighted by molar-refractivity contribution is 0.669. The molecule has 0 bridgehead atoms. The van der Waals surface area contributed by atoms with Crippen LogP contribution >= 0.6 is 0 Å². The van der Waals surface area contributed by atoms with Crippen LogP contribution in [0.15, 0.2) is 239 Å². The molecule has 72 heavy (non-hydrogen) atoms. The second-order valence-corrected chi connectivity index (χ2v) is 18.3. The Morgan fingerprint density at radius 3 is 1.53 bits per heavy atom. The maximum Gasteiger partial charge on any atom is 0.167 e. The van der Waals surface area contributed by atoms with Gasteiger partial charge >= 0.3 is 0 Å². The minimum absolute atomic E-state index is 0.501. The Kier molecular flexibility index (Phi) is 9.44. The predicted octanol–water partition coefficient (Wildman–Crippen LogP) is 16.4. The molecule has 0 spiro atoms. The minimum Gasteiger partial charge on any atom is -0.455 e. The summed E-state index contributed by atoms with van der Waals surface area (Å²) in [4.78, 5) is 15.5. The lowest BCUT2D eigenvalue weighted by Gasteiger charge is -2.34. The van der Waals surface area contributed by atoms with Crippen LogP contribution in [0.2, 0.25) is 0 Å². The number of aromatic nitrogens is 3. The summed E-state index contributed by atoms with van der Waals surface area (Å²) in [6.07, 6.45) is 1.45. The van der Waals surface area contributed by atoms with Crippen molar-refractivity contribution in [1.82, 2.24) is 15.0 Å². The highest BCUT2D eigenvalue weighted by atomic mass is 16.3. The number of fused-ring (bicyclic) bond motifs is 9.